The number of nitrogens with zero attached hydrogens (tertiary/aromatic N) is 1. The molecule has 1 N–H and O–H groups in total. The van der Waals surface area contributed by atoms with Crippen LogP contribution in [0.3, 0.4) is 0 Å². The summed E-state index contributed by atoms with van der Waals surface area (Å²) in [5.74, 6) is 1.95. The largest absolute Gasteiger partial charge is 0.389 e. The van der Waals surface area contributed by atoms with E-state index >= 15 is 0 Å². The average molecular weight is 251 g/mol. The summed E-state index contributed by atoms with van der Waals surface area (Å²) in [6.07, 6.45) is 13.1. The van der Waals surface area contributed by atoms with Gasteiger partial charge in [-0.05, 0) is 44.1 Å². The Morgan fingerprint density at radius 3 is 2.39 bits per heavy atom. The van der Waals surface area contributed by atoms with Crippen LogP contribution in [0.15, 0.2) is 0 Å². The molecule has 2 heteroatoms. The van der Waals surface area contributed by atoms with Crippen LogP contribution in [-0.2, 0) is 0 Å². The van der Waals surface area contributed by atoms with E-state index in [4.69, 9.17) is 0 Å². The standard InChI is InChI=1S/C16H29NO/c18-16(9-4-1-5-10-16)13-17-11-8-14-6-2-3-7-15(14)12-17/h14-15,18H,1-13H2. The minimum Gasteiger partial charge on any atom is -0.389 e. The number of hydrogen-bond acceptors (Lipinski definition) is 2. The van der Waals surface area contributed by atoms with Crippen LogP contribution in [0.25, 0.3) is 0 Å². The van der Waals surface area contributed by atoms with Crippen LogP contribution in [0.4, 0.5) is 0 Å². The predicted molar refractivity (Wildman–Crippen MR) is 74.5 cm³/mol. The second-order valence-corrected chi connectivity index (χ2v) is 7.11. The Bertz CT molecular complexity index is 272. The van der Waals surface area contributed by atoms with E-state index in [1.165, 1.54) is 64.5 Å². The summed E-state index contributed by atoms with van der Waals surface area (Å²) in [6, 6.07) is 0. The summed E-state index contributed by atoms with van der Waals surface area (Å²) in [5.41, 5.74) is -0.347. The minimum absolute atomic E-state index is 0.347. The highest BCUT2D eigenvalue weighted by Gasteiger charge is 2.36. The molecule has 0 aromatic heterocycles. The highest BCUT2D eigenvalue weighted by atomic mass is 16.3. The van der Waals surface area contributed by atoms with E-state index < -0.39 is 0 Å². The summed E-state index contributed by atoms with van der Waals surface area (Å²) in [6.45, 7) is 3.46. The summed E-state index contributed by atoms with van der Waals surface area (Å²) in [5, 5.41) is 10.7. The zero-order valence-corrected chi connectivity index (χ0v) is 11.7. The van der Waals surface area contributed by atoms with E-state index in [-0.39, 0.29) is 5.60 Å². The molecule has 0 spiro atoms. The first-order valence-corrected chi connectivity index (χ1v) is 8.20. The molecule has 2 atom stereocenters. The SMILES string of the molecule is OC1(CN2CCC3CCCCC3C2)CCCCC1. The van der Waals surface area contributed by atoms with Crippen molar-refractivity contribution in [2.45, 2.75) is 69.8 Å². The Balaban J connectivity index is 1.54. The average Bonchev–Trinajstić information content (AvgIpc) is 2.39. The Hall–Kier alpha value is -0.0800. The summed E-state index contributed by atoms with van der Waals surface area (Å²) < 4.78 is 0. The van der Waals surface area contributed by atoms with Crippen molar-refractivity contribution in [2.75, 3.05) is 19.6 Å². The van der Waals surface area contributed by atoms with E-state index in [1.807, 2.05) is 0 Å². The first kappa shape index (κ1) is 12.9. The van der Waals surface area contributed by atoms with Crippen molar-refractivity contribution >= 4 is 0 Å². The zero-order valence-electron chi connectivity index (χ0n) is 11.7. The van der Waals surface area contributed by atoms with Gasteiger partial charge in [-0.3, -0.25) is 0 Å². The van der Waals surface area contributed by atoms with Crippen molar-refractivity contribution in [2.24, 2.45) is 11.8 Å². The van der Waals surface area contributed by atoms with Gasteiger partial charge in [0.25, 0.3) is 0 Å². The third kappa shape index (κ3) is 2.91. The second kappa shape index (κ2) is 5.50. The molecule has 2 unspecified atom stereocenters. The molecule has 18 heavy (non-hydrogen) atoms. The molecule has 3 rings (SSSR count). The molecular weight excluding hydrogens is 222 g/mol. The Labute approximate surface area is 112 Å². The van der Waals surface area contributed by atoms with Gasteiger partial charge in [-0.1, -0.05) is 38.5 Å². The molecule has 0 bridgehead atoms. The molecule has 0 radical (unpaired) electrons. The maximum Gasteiger partial charge on any atom is 0.0774 e. The molecule has 0 aromatic rings. The minimum atomic E-state index is -0.347. The molecule has 1 aliphatic heterocycles. The lowest BCUT2D eigenvalue weighted by Crippen LogP contribution is -2.50. The van der Waals surface area contributed by atoms with Gasteiger partial charge in [0.1, 0.15) is 0 Å². The quantitative estimate of drug-likeness (QED) is 0.814. The van der Waals surface area contributed by atoms with Crippen LogP contribution < -0.4 is 0 Å². The Kier molecular flexibility index (Phi) is 3.95. The van der Waals surface area contributed by atoms with Gasteiger partial charge in [0.2, 0.25) is 0 Å². The number of β-amino-alcohol motifs (C(OH)–C–C–N with tert-alkyl or cyclic N) is 1. The van der Waals surface area contributed by atoms with Crippen LogP contribution in [-0.4, -0.2) is 35.2 Å². The highest BCUT2D eigenvalue weighted by Crippen LogP contribution is 2.37. The molecule has 2 saturated carbocycles. The fourth-order valence-corrected chi connectivity index (χ4v) is 4.60. The van der Waals surface area contributed by atoms with Crippen LogP contribution in [0.2, 0.25) is 0 Å². The van der Waals surface area contributed by atoms with E-state index in [0.717, 1.165) is 31.2 Å². The molecule has 0 aromatic carbocycles. The van der Waals surface area contributed by atoms with E-state index in [1.54, 1.807) is 0 Å². The second-order valence-electron chi connectivity index (χ2n) is 7.11. The van der Waals surface area contributed by atoms with Crippen molar-refractivity contribution in [3.63, 3.8) is 0 Å². The number of aliphatic hydroxyl groups is 1. The lowest BCUT2D eigenvalue weighted by molar-refractivity contribution is -0.0430. The Morgan fingerprint density at radius 2 is 1.61 bits per heavy atom. The van der Waals surface area contributed by atoms with E-state index in [9.17, 15) is 5.11 Å². The van der Waals surface area contributed by atoms with Crippen molar-refractivity contribution in [3.8, 4) is 0 Å². The monoisotopic (exact) mass is 251 g/mol. The molecule has 1 saturated heterocycles. The first-order chi connectivity index (χ1) is 8.75. The van der Waals surface area contributed by atoms with E-state index in [2.05, 4.69) is 4.90 Å². The first-order valence-electron chi connectivity index (χ1n) is 8.20. The summed E-state index contributed by atoms with van der Waals surface area (Å²) in [4.78, 5) is 2.58. The van der Waals surface area contributed by atoms with Gasteiger partial charge in [0.05, 0.1) is 5.60 Å². The summed E-state index contributed by atoms with van der Waals surface area (Å²) >= 11 is 0. The van der Waals surface area contributed by atoms with Crippen molar-refractivity contribution < 1.29 is 5.11 Å². The van der Waals surface area contributed by atoms with Crippen LogP contribution >= 0.6 is 0 Å². The highest BCUT2D eigenvalue weighted by molar-refractivity contribution is 4.90. The van der Waals surface area contributed by atoms with Gasteiger partial charge < -0.3 is 10.0 Å². The van der Waals surface area contributed by atoms with Gasteiger partial charge in [-0.15, -0.1) is 0 Å². The number of fused-ring (bicyclic) bond motifs is 1. The lowest BCUT2D eigenvalue weighted by atomic mass is 9.74. The lowest BCUT2D eigenvalue weighted by Gasteiger charge is -2.44. The van der Waals surface area contributed by atoms with Gasteiger partial charge in [0.15, 0.2) is 0 Å². The van der Waals surface area contributed by atoms with E-state index in [0.29, 0.717) is 0 Å². The molecule has 1 heterocycles. The fraction of sp³-hybridized carbons (Fsp3) is 1.00. The number of rotatable bonds is 2. The molecule has 2 nitrogen and oxygen atoms in total. The van der Waals surface area contributed by atoms with Gasteiger partial charge in [-0.25, -0.2) is 0 Å². The summed E-state index contributed by atoms with van der Waals surface area (Å²) in [7, 11) is 0. The number of hydrogen-bond donors (Lipinski definition) is 1. The maximum absolute atomic E-state index is 10.7. The molecule has 3 aliphatic rings. The zero-order chi connectivity index (χ0) is 12.4. The third-order valence-corrected chi connectivity index (χ3v) is 5.68. The van der Waals surface area contributed by atoms with Crippen LogP contribution in [0, 0.1) is 11.8 Å². The molecule has 2 aliphatic carbocycles. The Morgan fingerprint density at radius 1 is 0.889 bits per heavy atom. The van der Waals surface area contributed by atoms with Crippen molar-refractivity contribution in [1.29, 1.82) is 0 Å². The third-order valence-electron chi connectivity index (χ3n) is 5.68. The van der Waals surface area contributed by atoms with Crippen LogP contribution in [0.5, 0.6) is 0 Å². The normalized spacial score (nSPS) is 37.2. The topological polar surface area (TPSA) is 23.5 Å². The van der Waals surface area contributed by atoms with Crippen LogP contribution in [0.1, 0.15) is 64.2 Å². The number of likely N-dealkylation sites (tertiary alicyclic amines) is 1. The predicted octanol–water partition coefficient (Wildman–Crippen LogP) is 3.19. The maximum atomic E-state index is 10.7. The van der Waals surface area contributed by atoms with Gasteiger partial charge >= 0.3 is 0 Å². The molecule has 0 amide bonds. The van der Waals surface area contributed by atoms with Crippen molar-refractivity contribution in [3.05, 3.63) is 0 Å². The molecular formula is C16H29NO. The molecule has 3 fully saturated rings. The fourth-order valence-electron chi connectivity index (χ4n) is 4.60. The van der Waals surface area contributed by atoms with Gasteiger partial charge in [0, 0.05) is 13.1 Å². The van der Waals surface area contributed by atoms with Gasteiger partial charge in [-0.2, -0.15) is 0 Å². The number of piperidine rings is 1. The molecule has 104 valence electrons. The smallest absolute Gasteiger partial charge is 0.0774 e. The van der Waals surface area contributed by atoms with Crippen molar-refractivity contribution in [1.82, 2.24) is 4.90 Å².